The number of hydrogen-bond donors (Lipinski definition) is 0. The van der Waals surface area contributed by atoms with Crippen LogP contribution in [-0.2, 0) is 33.4 Å². The molecule has 0 saturated carbocycles. The van der Waals surface area contributed by atoms with Gasteiger partial charge in [0.05, 0.1) is 22.9 Å². The van der Waals surface area contributed by atoms with Gasteiger partial charge in [-0.25, -0.2) is 13.4 Å². The molecule has 162 valence electrons. The summed E-state index contributed by atoms with van der Waals surface area (Å²) in [4.78, 5) is 19.1. The molecule has 1 aliphatic rings. The van der Waals surface area contributed by atoms with Gasteiger partial charge in [0.25, 0.3) is 0 Å². The molecule has 0 spiro atoms. The Kier molecular flexibility index (Phi) is 6.80. The largest absolute Gasteiger partial charge is 0.340 e. The highest BCUT2D eigenvalue weighted by Gasteiger charge is 2.29. The summed E-state index contributed by atoms with van der Waals surface area (Å²) in [6, 6.07) is 19.3. The lowest BCUT2D eigenvalue weighted by Crippen LogP contribution is -2.51. The van der Waals surface area contributed by atoms with Crippen LogP contribution in [-0.4, -0.2) is 54.7 Å². The number of aromatic nitrogens is 1. The maximum absolute atomic E-state index is 12.7. The van der Waals surface area contributed by atoms with E-state index < -0.39 is 10.0 Å². The summed E-state index contributed by atoms with van der Waals surface area (Å²) < 4.78 is 26.9. The molecule has 0 unspecified atom stereocenters. The van der Waals surface area contributed by atoms with Gasteiger partial charge in [-0.15, -0.1) is 11.3 Å². The smallest absolute Gasteiger partial charge is 0.228 e. The monoisotopic (exact) mass is 455 g/mol. The first-order valence-corrected chi connectivity index (χ1v) is 12.8. The van der Waals surface area contributed by atoms with E-state index in [0.29, 0.717) is 26.2 Å². The van der Waals surface area contributed by atoms with E-state index in [-0.39, 0.29) is 18.1 Å². The first kappa shape index (κ1) is 21.7. The molecule has 1 aliphatic heterocycles. The van der Waals surface area contributed by atoms with Crippen molar-refractivity contribution in [3.63, 3.8) is 0 Å². The number of sulfonamides is 1. The molecule has 0 atom stereocenters. The van der Waals surface area contributed by atoms with Crippen LogP contribution < -0.4 is 0 Å². The summed E-state index contributed by atoms with van der Waals surface area (Å²) in [5.74, 6) is -0.0122. The molecule has 4 rings (SSSR count). The van der Waals surface area contributed by atoms with Crippen LogP contribution in [0.2, 0.25) is 0 Å². The second kappa shape index (κ2) is 9.72. The fourth-order valence-corrected chi connectivity index (χ4v) is 5.98. The van der Waals surface area contributed by atoms with E-state index >= 15 is 0 Å². The van der Waals surface area contributed by atoms with Gasteiger partial charge in [0.2, 0.25) is 15.9 Å². The number of rotatable bonds is 7. The van der Waals surface area contributed by atoms with Crippen molar-refractivity contribution >= 4 is 27.3 Å². The molecule has 31 heavy (non-hydrogen) atoms. The Hall–Kier alpha value is -2.55. The minimum atomic E-state index is -3.39. The van der Waals surface area contributed by atoms with Gasteiger partial charge >= 0.3 is 0 Å². The van der Waals surface area contributed by atoms with Gasteiger partial charge in [0.1, 0.15) is 0 Å². The van der Waals surface area contributed by atoms with Crippen LogP contribution in [0, 0.1) is 0 Å². The zero-order valence-electron chi connectivity index (χ0n) is 17.2. The Balaban J connectivity index is 1.28. The minimum absolute atomic E-state index is 0.00308. The summed E-state index contributed by atoms with van der Waals surface area (Å²) in [5, 5.41) is 2.93. The van der Waals surface area contributed by atoms with Crippen LogP contribution in [0.25, 0.3) is 0 Å². The number of thiazole rings is 1. The molecular formula is C23H25N3O3S2. The second-order valence-electron chi connectivity index (χ2n) is 7.59. The Bertz CT molecular complexity index is 1110. The van der Waals surface area contributed by atoms with Gasteiger partial charge in [0, 0.05) is 38.0 Å². The number of hydrogen-bond acceptors (Lipinski definition) is 5. The Morgan fingerprint density at radius 2 is 1.52 bits per heavy atom. The van der Waals surface area contributed by atoms with E-state index in [1.54, 1.807) is 16.2 Å². The lowest BCUT2D eigenvalue weighted by molar-refractivity contribution is -0.131. The van der Waals surface area contributed by atoms with Gasteiger partial charge < -0.3 is 4.90 Å². The zero-order valence-corrected chi connectivity index (χ0v) is 18.8. The van der Waals surface area contributed by atoms with Crippen molar-refractivity contribution in [2.24, 2.45) is 0 Å². The molecule has 1 fully saturated rings. The van der Waals surface area contributed by atoms with E-state index in [1.165, 1.54) is 9.87 Å². The van der Waals surface area contributed by atoms with Crippen LogP contribution in [0.15, 0.2) is 66.0 Å². The highest BCUT2D eigenvalue weighted by atomic mass is 32.2. The van der Waals surface area contributed by atoms with E-state index in [1.807, 2.05) is 53.9 Å². The molecule has 0 bridgehead atoms. The van der Waals surface area contributed by atoms with Crippen LogP contribution in [0.4, 0.5) is 0 Å². The lowest BCUT2D eigenvalue weighted by Gasteiger charge is -2.34. The minimum Gasteiger partial charge on any atom is -0.340 e. The average Bonchev–Trinajstić information content (AvgIpc) is 3.21. The SMILES string of the molecule is O=C(Cc1csc(Cc2ccccc2)n1)N1CCN(S(=O)(=O)Cc2ccccc2)CC1. The van der Waals surface area contributed by atoms with Crippen molar-refractivity contribution in [3.8, 4) is 0 Å². The Morgan fingerprint density at radius 3 is 2.16 bits per heavy atom. The number of amides is 1. The fourth-order valence-electron chi connectivity index (χ4n) is 3.64. The standard InChI is InChI=1S/C23H25N3O3S2/c27-23(16-21-17-30-22(24-21)15-19-7-3-1-4-8-19)25-11-13-26(14-12-25)31(28,29)18-20-9-5-2-6-10-20/h1-10,17H,11-16,18H2. The predicted molar refractivity (Wildman–Crippen MR) is 122 cm³/mol. The fraction of sp³-hybridized carbons (Fsp3) is 0.304. The van der Waals surface area contributed by atoms with E-state index in [9.17, 15) is 13.2 Å². The van der Waals surface area contributed by atoms with Gasteiger partial charge in [-0.3, -0.25) is 4.79 Å². The maximum atomic E-state index is 12.7. The number of piperazine rings is 1. The highest BCUT2D eigenvalue weighted by molar-refractivity contribution is 7.88. The summed E-state index contributed by atoms with van der Waals surface area (Å²) >= 11 is 1.57. The molecule has 0 N–H and O–H groups in total. The predicted octanol–water partition coefficient (Wildman–Crippen LogP) is 2.95. The molecule has 1 aromatic heterocycles. The third kappa shape index (κ3) is 5.78. The van der Waals surface area contributed by atoms with Gasteiger partial charge in [0.15, 0.2) is 0 Å². The third-order valence-corrected chi connectivity index (χ3v) is 8.05. The average molecular weight is 456 g/mol. The molecule has 0 radical (unpaired) electrons. The van der Waals surface area contributed by atoms with Crippen molar-refractivity contribution in [1.29, 1.82) is 0 Å². The van der Waals surface area contributed by atoms with Crippen LogP contribution in [0.1, 0.15) is 21.8 Å². The normalized spacial score (nSPS) is 15.2. The second-order valence-corrected chi connectivity index (χ2v) is 10.5. The molecule has 3 aromatic rings. The van der Waals surface area contributed by atoms with E-state index in [2.05, 4.69) is 17.1 Å². The number of carbonyl (C=O) groups is 1. The van der Waals surface area contributed by atoms with Crippen molar-refractivity contribution < 1.29 is 13.2 Å². The van der Waals surface area contributed by atoms with Crippen molar-refractivity contribution in [1.82, 2.24) is 14.2 Å². The third-order valence-electron chi connectivity index (χ3n) is 5.31. The quantitative estimate of drug-likeness (QED) is 0.549. The van der Waals surface area contributed by atoms with Gasteiger partial charge in [-0.2, -0.15) is 4.31 Å². The molecular weight excluding hydrogens is 430 g/mol. The highest BCUT2D eigenvalue weighted by Crippen LogP contribution is 2.17. The van der Waals surface area contributed by atoms with Crippen molar-refractivity contribution in [2.45, 2.75) is 18.6 Å². The summed E-state index contributed by atoms with van der Waals surface area (Å²) in [6.07, 6.45) is 1.01. The molecule has 2 aromatic carbocycles. The summed E-state index contributed by atoms with van der Waals surface area (Å²) in [6.45, 7) is 1.48. The molecule has 1 saturated heterocycles. The Morgan fingerprint density at radius 1 is 0.903 bits per heavy atom. The van der Waals surface area contributed by atoms with Gasteiger partial charge in [-0.05, 0) is 11.1 Å². The van der Waals surface area contributed by atoms with Gasteiger partial charge in [-0.1, -0.05) is 60.7 Å². The summed E-state index contributed by atoms with van der Waals surface area (Å²) in [5.41, 5.74) is 2.75. The molecule has 1 amide bonds. The Labute approximate surface area is 187 Å². The maximum Gasteiger partial charge on any atom is 0.228 e. The van der Waals surface area contributed by atoms with Crippen molar-refractivity contribution in [2.75, 3.05) is 26.2 Å². The van der Waals surface area contributed by atoms with Crippen molar-refractivity contribution in [3.05, 3.63) is 87.9 Å². The van der Waals surface area contributed by atoms with E-state index in [4.69, 9.17) is 0 Å². The number of nitrogens with zero attached hydrogens (tertiary/aromatic N) is 3. The van der Waals surface area contributed by atoms with E-state index in [0.717, 1.165) is 22.7 Å². The molecule has 6 nitrogen and oxygen atoms in total. The van der Waals surface area contributed by atoms with Crippen LogP contribution in [0.3, 0.4) is 0 Å². The first-order valence-electron chi connectivity index (χ1n) is 10.3. The number of carbonyl (C=O) groups excluding carboxylic acids is 1. The zero-order chi connectivity index (χ0) is 21.7. The topological polar surface area (TPSA) is 70.6 Å². The van der Waals surface area contributed by atoms with Crippen LogP contribution in [0.5, 0.6) is 0 Å². The lowest BCUT2D eigenvalue weighted by atomic mass is 10.2. The first-order chi connectivity index (χ1) is 15.0. The molecule has 8 heteroatoms. The number of benzene rings is 2. The molecule has 2 heterocycles. The molecule has 0 aliphatic carbocycles. The van der Waals surface area contributed by atoms with Crippen LogP contribution >= 0.6 is 11.3 Å². The summed E-state index contributed by atoms with van der Waals surface area (Å²) in [7, 11) is -3.39.